The molecule has 0 bridgehead atoms. The second-order valence-corrected chi connectivity index (χ2v) is 33.5. The molecule has 0 aromatic carbocycles. The van der Waals surface area contributed by atoms with Gasteiger partial charge < -0.3 is 169 Å². The average molecular weight is 1810 g/mol. The molecule has 0 aliphatic carbocycles. The summed E-state index contributed by atoms with van der Waals surface area (Å²) in [7, 11) is -5.14. The summed E-state index contributed by atoms with van der Waals surface area (Å²) in [4.78, 5) is 159. The Bertz CT molecular complexity index is 3320. The summed E-state index contributed by atoms with van der Waals surface area (Å²) in [6, 6.07) is -5.30. The molecule has 0 radical (unpaired) electrons. The minimum Gasteiger partial charge on any atom is -0.756 e. The van der Waals surface area contributed by atoms with Crippen molar-refractivity contribution in [2.24, 2.45) is 28.6 Å². The molecule has 5 unspecified atom stereocenters. The molecule has 7 amide bonds. The standard InChI is InChI=1S/C78H136N7O38P/c1-8-77(6)41-85(42-78(77,7)43-119-124(108,109)110)60(97)15-9-12-50(93)36-48(71(106)84-52(72(107)80-23-27-114-30-33-116-74-45(3)64(99)66(101)55(38-87)121-74)18-17-49(92)13-10-24-111-28-32-115-73-44(2)63(98)65(100)54(37-86)120-73)16-20-59(96)83-51(53(94)14-11-25-112-29-34-117-75-61(81-46(4)90)69(104)67(102)56(39-88)122-75)19-21-58(95)79-22-26-113-31-35-118-76-62(82-47(5)91)70(105)68(103)57(40-89)123-76/h44-45,48,51-52,54-57,61-70,73-76,86-89,98-105H,8-43H2,1-7H3,(H,79,95)(H,80,107)(H,81,90)(H,82,91)(H,83,96)(H,84,106)(H2,108,109,110)/p-1/t44-,45-,48-,51+,52+,54-,55-,56-,57-,61-,62-,63-,64-,65+,66+,67+,68+,69-,70-,73?,74?,75?,76?,77+,78+/m1/s1. The Kier molecular flexibility index (Phi) is 48.7. The number of rotatable bonds is 60. The van der Waals surface area contributed by atoms with E-state index in [1.54, 1.807) is 20.8 Å². The molecule has 716 valence electrons. The monoisotopic (exact) mass is 1810 g/mol. The number of aliphatic hydroxyl groups excluding tert-OH is 12. The van der Waals surface area contributed by atoms with Crippen molar-refractivity contribution in [3.8, 4) is 0 Å². The fourth-order valence-electron chi connectivity index (χ4n) is 14.8. The highest BCUT2D eigenvalue weighted by Gasteiger charge is 2.53. The van der Waals surface area contributed by atoms with Crippen LogP contribution in [0.1, 0.15) is 145 Å². The number of ether oxygens (including phenoxy) is 12. The molecule has 45 nitrogen and oxygen atoms in total. The highest BCUT2D eigenvalue weighted by atomic mass is 31.2. The number of carbonyl (C=O) groups is 10. The lowest BCUT2D eigenvalue weighted by atomic mass is 9.67. The van der Waals surface area contributed by atoms with Gasteiger partial charge in [0.05, 0.1) is 117 Å². The quantitative estimate of drug-likeness (QED) is 0.0199. The van der Waals surface area contributed by atoms with E-state index in [-0.39, 0.29) is 182 Å². The minimum atomic E-state index is -5.14. The normalized spacial score (nSPS) is 30.7. The first-order valence-corrected chi connectivity index (χ1v) is 43.7. The smallest absolute Gasteiger partial charge is 0.265 e. The van der Waals surface area contributed by atoms with E-state index >= 15 is 0 Å². The zero-order valence-electron chi connectivity index (χ0n) is 71.6. The van der Waals surface area contributed by atoms with Crippen molar-refractivity contribution in [3.63, 3.8) is 0 Å². The summed E-state index contributed by atoms with van der Waals surface area (Å²) in [5.74, 6) is -8.98. The van der Waals surface area contributed by atoms with Gasteiger partial charge in [0.2, 0.25) is 41.4 Å². The van der Waals surface area contributed by atoms with Gasteiger partial charge in [-0.2, -0.15) is 0 Å². The van der Waals surface area contributed by atoms with Crippen LogP contribution < -0.4 is 36.8 Å². The van der Waals surface area contributed by atoms with Crippen LogP contribution in [0.25, 0.3) is 0 Å². The number of ketones is 3. The SMILES string of the molecule is CC[C@@]1(C)CN(C(=O)CCCC(=O)C[C@@H](CCC(=O)N[C@@H](CCC(=O)NCCOCCOC2O[C@H](CO)[C@H](O)[C@H](O)[C@H]2NC(C)=O)C(=O)CCCOCCOC2O[C@H](CO)[C@H](O)[C@H](O)[C@H]2NC(C)=O)C(=O)N[C@@H](CCC(=O)CCCOCCOC2O[C@H](CO)[C@H](O)[C@H](O)[C@H]2C)C(=O)NCCOCCOC2O[C@H](CO)[C@H](O)[C@H](O)[C@H]2C)C[C@@]1(C)COP(=O)([O-])O. The summed E-state index contributed by atoms with van der Waals surface area (Å²) in [5.41, 5.74) is -1.59. The van der Waals surface area contributed by atoms with Crippen LogP contribution in [0.15, 0.2) is 0 Å². The Morgan fingerprint density at radius 3 is 1.35 bits per heavy atom. The highest BCUT2D eigenvalue weighted by molar-refractivity contribution is 7.44. The number of aliphatic hydroxyl groups is 12. The first-order valence-electron chi connectivity index (χ1n) is 42.2. The van der Waals surface area contributed by atoms with Crippen molar-refractivity contribution in [3.05, 3.63) is 0 Å². The van der Waals surface area contributed by atoms with Crippen molar-refractivity contribution in [1.82, 2.24) is 36.8 Å². The number of Topliss-reactive ketones (excluding diaryl/α,β-unsaturated/α-hetero) is 3. The van der Waals surface area contributed by atoms with E-state index in [0.717, 1.165) is 0 Å². The maximum atomic E-state index is 14.9. The van der Waals surface area contributed by atoms with Gasteiger partial charge in [-0.3, -0.25) is 52.5 Å². The first kappa shape index (κ1) is 109. The Morgan fingerprint density at radius 2 is 0.887 bits per heavy atom. The zero-order chi connectivity index (χ0) is 92.0. The number of phosphoric acid groups is 1. The molecule has 5 fully saturated rings. The van der Waals surface area contributed by atoms with Crippen molar-refractivity contribution in [2.75, 3.05) is 138 Å². The van der Waals surface area contributed by atoms with E-state index in [4.69, 9.17) is 61.4 Å². The predicted octanol–water partition coefficient (Wildman–Crippen LogP) is -7.11. The van der Waals surface area contributed by atoms with Crippen LogP contribution in [0.4, 0.5) is 0 Å². The van der Waals surface area contributed by atoms with Crippen molar-refractivity contribution >= 4 is 66.5 Å². The minimum absolute atomic E-state index is 0.0217. The van der Waals surface area contributed by atoms with Crippen molar-refractivity contribution < 1.29 is 185 Å². The third-order valence-electron chi connectivity index (χ3n) is 22.8. The van der Waals surface area contributed by atoms with E-state index in [9.17, 15) is 124 Å². The van der Waals surface area contributed by atoms with E-state index in [0.29, 0.717) is 6.42 Å². The largest absolute Gasteiger partial charge is 0.756 e. The van der Waals surface area contributed by atoms with Gasteiger partial charge in [0.25, 0.3) is 7.82 Å². The maximum absolute atomic E-state index is 14.9. The van der Waals surface area contributed by atoms with Gasteiger partial charge in [-0.1, -0.05) is 34.6 Å². The lowest BCUT2D eigenvalue weighted by Gasteiger charge is -2.42. The van der Waals surface area contributed by atoms with Crippen LogP contribution in [0.2, 0.25) is 0 Å². The van der Waals surface area contributed by atoms with Gasteiger partial charge in [-0.15, -0.1) is 0 Å². The summed E-state index contributed by atoms with van der Waals surface area (Å²) in [6.07, 6.45) is -23.7. The maximum Gasteiger partial charge on any atom is 0.265 e. The lowest BCUT2D eigenvalue weighted by Crippen LogP contribution is -2.64. The van der Waals surface area contributed by atoms with Crippen molar-refractivity contribution in [2.45, 2.75) is 267 Å². The van der Waals surface area contributed by atoms with Gasteiger partial charge in [-0.05, 0) is 50.4 Å². The molecule has 0 spiro atoms. The lowest BCUT2D eigenvalue weighted by molar-refractivity contribution is -0.284. The van der Waals surface area contributed by atoms with E-state index in [2.05, 4.69) is 31.9 Å². The third kappa shape index (κ3) is 35.7. The summed E-state index contributed by atoms with van der Waals surface area (Å²) < 4.78 is 84.2. The number of nitrogens with one attached hydrogen (secondary N) is 6. The van der Waals surface area contributed by atoms with Crippen LogP contribution in [-0.4, -0.2) is 391 Å². The zero-order valence-corrected chi connectivity index (χ0v) is 72.5. The summed E-state index contributed by atoms with van der Waals surface area (Å²) in [5, 5.41) is 138. The van der Waals surface area contributed by atoms with Gasteiger partial charge in [0.1, 0.15) is 90.7 Å². The third-order valence-corrected chi connectivity index (χ3v) is 23.3. The average Bonchev–Trinajstić information content (AvgIpc) is 1.62. The summed E-state index contributed by atoms with van der Waals surface area (Å²) in [6.45, 7) is 6.93. The highest BCUT2D eigenvalue weighted by Crippen LogP contribution is 2.51. The molecular weight excluding hydrogens is 1670 g/mol. The molecule has 19 N–H and O–H groups in total. The molecule has 0 aromatic heterocycles. The van der Waals surface area contributed by atoms with Gasteiger partial charge in [0.15, 0.2) is 30.9 Å². The summed E-state index contributed by atoms with van der Waals surface area (Å²) >= 11 is 0. The first-order chi connectivity index (χ1) is 58.8. The molecular formula is C78H135N7O38P-. The Labute approximate surface area is 720 Å². The molecule has 5 rings (SSSR count). The second-order valence-electron chi connectivity index (χ2n) is 32.3. The number of hydrogen-bond donors (Lipinski definition) is 19. The molecule has 5 saturated heterocycles. The Hall–Kier alpha value is -5.55. The molecule has 0 saturated carbocycles. The number of nitrogens with zero attached hydrogens (tertiary/aromatic N) is 1. The number of hydrogen-bond acceptors (Lipinski definition) is 37. The number of likely N-dealkylation sites (tertiary alicyclic amines) is 1. The molecule has 124 heavy (non-hydrogen) atoms. The van der Waals surface area contributed by atoms with Gasteiger partial charge >= 0.3 is 0 Å². The van der Waals surface area contributed by atoms with E-state index in [1.807, 2.05) is 13.8 Å². The molecule has 26 atom stereocenters. The van der Waals surface area contributed by atoms with Crippen LogP contribution >= 0.6 is 7.82 Å². The number of phosphoric ester groups is 1. The van der Waals surface area contributed by atoms with Crippen LogP contribution in [0.3, 0.4) is 0 Å². The van der Waals surface area contributed by atoms with E-state index < -0.39 is 264 Å². The predicted molar refractivity (Wildman–Crippen MR) is 424 cm³/mol. The van der Waals surface area contributed by atoms with E-state index in [1.165, 1.54) is 18.7 Å². The topological polar surface area (TPSA) is 669 Å². The molecule has 5 aliphatic heterocycles. The van der Waals surface area contributed by atoms with Crippen LogP contribution in [-0.2, 0) is 114 Å². The molecule has 5 aliphatic rings. The Balaban J connectivity index is 1.31. The number of amides is 7. The Morgan fingerprint density at radius 1 is 0.468 bits per heavy atom. The molecule has 46 heteroatoms. The molecule has 5 heterocycles. The van der Waals surface area contributed by atoms with Crippen LogP contribution in [0.5, 0.6) is 0 Å². The van der Waals surface area contributed by atoms with Crippen molar-refractivity contribution in [1.29, 1.82) is 0 Å². The fourth-order valence-corrected chi connectivity index (χ4v) is 15.3. The van der Waals surface area contributed by atoms with Gasteiger partial charge in [-0.25, -0.2) is 0 Å². The van der Waals surface area contributed by atoms with Gasteiger partial charge in [0, 0.05) is 128 Å². The van der Waals surface area contributed by atoms with Crippen LogP contribution in [0, 0.1) is 28.6 Å². The second kappa shape index (κ2) is 55.5. The number of carbonyl (C=O) groups excluding carboxylic acids is 10. The molecule has 0 aromatic rings. The fraction of sp³-hybridized carbons (Fsp3) is 0.872.